The molecule has 48 heavy (non-hydrogen) atoms. The molecule has 13 heteroatoms. The highest BCUT2D eigenvalue weighted by Gasteiger charge is 2.35. The number of rotatable bonds is 14. The molecule has 5 rings (SSSR count). The van der Waals surface area contributed by atoms with Crippen molar-refractivity contribution < 1.29 is 23.8 Å². The van der Waals surface area contributed by atoms with Gasteiger partial charge in [-0.3, -0.25) is 9.59 Å². The van der Waals surface area contributed by atoms with Crippen molar-refractivity contribution in [2.45, 2.75) is 44.6 Å². The number of para-hydroxylation sites is 2. The van der Waals surface area contributed by atoms with Gasteiger partial charge in [0.15, 0.2) is 18.1 Å². The Kier molecular flexibility index (Phi) is 11.5. The first-order valence-electron chi connectivity index (χ1n) is 15.7. The molecule has 1 aliphatic rings. The summed E-state index contributed by atoms with van der Waals surface area (Å²) in [5.74, 6) is 1.96. The van der Waals surface area contributed by atoms with E-state index in [1.165, 1.54) is 18.9 Å². The molecule has 0 bridgehead atoms. The Labute approximate surface area is 289 Å². The maximum atomic E-state index is 14.2. The number of allylic oxidation sites excluding steroid dienone is 1. The molecule has 252 valence electrons. The number of carbonyl (C=O) groups is 2. The average molecular weight is 691 g/mol. The van der Waals surface area contributed by atoms with E-state index in [-0.39, 0.29) is 18.4 Å². The molecule has 0 radical (unpaired) electrons. The van der Waals surface area contributed by atoms with Crippen LogP contribution in [0.5, 0.6) is 17.2 Å². The number of thioether (sulfide) groups is 1. The fraction of sp³-hybridized carbons (Fsp3) is 0.314. The van der Waals surface area contributed by atoms with Gasteiger partial charge in [0.2, 0.25) is 11.1 Å². The molecule has 0 aliphatic carbocycles. The minimum atomic E-state index is -0.692. The molecule has 3 aromatic carbocycles. The summed E-state index contributed by atoms with van der Waals surface area (Å²) in [6.45, 7) is 9.07. The molecule has 2 amide bonds. The zero-order chi connectivity index (χ0) is 34.2. The predicted molar refractivity (Wildman–Crippen MR) is 188 cm³/mol. The third kappa shape index (κ3) is 7.71. The number of likely N-dealkylation sites (N-methyl/N-ethyl adjacent to an activating group) is 1. The number of nitrogens with one attached hydrogen (secondary N) is 2. The number of halogens is 1. The summed E-state index contributed by atoms with van der Waals surface area (Å²) in [5, 5.41) is 12.4. The summed E-state index contributed by atoms with van der Waals surface area (Å²) < 4.78 is 19.1. The Morgan fingerprint density at radius 2 is 1.75 bits per heavy atom. The van der Waals surface area contributed by atoms with Crippen molar-refractivity contribution >= 4 is 46.8 Å². The van der Waals surface area contributed by atoms with Gasteiger partial charge >= 0.3 is 0 Å². The molecule has 1 unspecified atom stereocenters. The SMILES string of the molecule is CCOc1ccccc1NC(=O)C1=C(C)Nc2nc(SCc3ccccc3Cl)nn2C1c1ccc(OCC(=O)N(CC)CC)c(OC)c1. The molecular formula is C35H39ClN6O5S. The van der Waals surface area contributed by atoms with Crippen molar-refractivity contribution in [3.05, 3.63) is 94.1 Å². The molecular weight excluding hydrogens is 652 g/mol. The van der Waals surface area contributed by atoms with E-state index < -0.39 is 6.04 Å². The average Bonchev–Trinajstić information content (AvgIpc) is 3.50. The van der Waals surface area contributed by atoms with Gasteiger partial charge in [0.25, 0.3) is 11.8 Å². The van der Waals surface area contributed by atoms with E-state index in [9.17, 15) is 9.59 Å². The van der Waals surface area contributed by atoms with E-state index in [0.29, 0.717) is 81.3 Å². The van der Waals surface area contributed by atoms with Gasteiger partial charge in [-0.05, 0) is 69.2 Å². The third-order valence-electron chi connectivity index (χ3n) is 7.80. The lowest BCUT2D eigenvalue weighted by atomic mass is 9.94. The molecule has 11 nitrogen and oxygen atoms in total. The maximum absolute atomic E-state index is 14.2. The van der Waals surface area contributed by atoms with Crippen molar-refractivity contribution in [2.75, 3.05) is 44.0 Å². The minimum Gasteiger partial charge on any atom is -0.493 e. The second-order valence-corrected chi connectivity index (χ2v) is 12.1. The summed E-state index contributed by atoms with van der Waals surface area (Å²) >= 11 is 7.84. The van der Waals surface area contributed by atoms with Gasteiger partial charge in [-0.1, -0.05) is 59.8 Å². The second kappa shape index (κ2) is 15.9. The van der Waals surface area contributed by atoms with Crippen LogP contribution < -0.4 is 24.8 Å². The Morgan fingerprint density at radius 1 is 1.00 bits per heavy atom. The van der Waals surface area contributed by atoms with Gasteiger partial charge in [-0.25, -0.2) is 4.68 Å². The van der Waals surface area contributed by atoms with Crippen LogP contribution in [0.15, 0.2) is 83.2 Å². The topological polar surface area (TPSA) is 120 Å². The lowest BCUT2D eigenvalue weighted by Crippen LogP contribution is -2.34. The number of nitrogens with zero attached hydrogens (tertiary/aromatic N) is 4. The Hall–Kier alpha value is -4.68. The molecule has 2 heterocycles. The molecule has 1 aromatic heterocycles. The lowest BCUT2D eigenvalue weighted by molar-refractivity contribution is -0.133. The Balaban J connectivity index is 1.51. The van der Waals surface area contributed by atoms with Crippen molar-refractivity contribution in [2.24, 2.45) is 0 Å². The van der Waals surface area contributed by atoms with Gasteiger partial charge in [0, 0.05) is 29.6 Å². The van der Waals surface area contributed by atoms with Gasteiger partial charge in [0.05, 0.1) is 25.0 Å². The van der Waals surface area contributed by atoms with Gasteiger partial charge < -0.3 is 29.7 Å². The highest BCUT2D eigenvalue weighted by atomic mass is 35.5. The molecule has 4 aromatic rings. The first-order chi connectivity index (χ1) is 23.3. The highest BCUT2D eigenvalue weighted by molar-refractivity contribution is 7.98. The van der Waals surface area contributed by atoms with E-state index in [1.54, 1.807) is 27.8 Å². The quantitative estimate of drug-likeness (QED) is 0.138. The fourth-order valence-corrected chi connectivity index (χ4v) is 6.49. The number of anilines is 2. The van der Waals surface area contributed by atoms with Gasteiger partial charge in [-0.2, -0.15) is 4.98 Å². The number of hydrogen-bond donors (Lipinski definition) is 2. The largest absolute Gasteiger partial charge is 0.493 e. The summed E-state index contributed by atoms with van der Waals surface area (Å²) in [6.07, 6.45) is 0. The smallest absolute Gasteiger partial charge is 0.260 e. The number of hydrogen-bond acceptors (Lipinski definition) is 9. The number of aromatic nitrogens is 3. The van der Waals surface area contributed by atoms with E-state index in [0.717, 1.165) is 5.56 Å². The molecule has 1 aliphatic heterocycles. The minimum absolute atomic E-state index is 0.122. The standard InChI is InChI=1S/C35H39ClN6O5S/c1-6-41(7-2)30(43)20-47-28-18-17-23(19-29(28)45-5)32-31(33(44)38-26-15-11-12-16-27(26)46-8-3)22(4)37-34-39-35(40-42(32)34)48-21-24-13-9-10-14-25(24)36/h9-19,32H,6-8,20-21H2,1-5H3,(H,38,44)(H,37,39,40). The van der Waals surface area contributed by atoms with Crippen molar-refractivity contribution in [1.29, 1.82) is 0 Å². The van der Waals surface area contributed by atoms with Crippen LogP contribution in [0.3, 0.4) is 0 Å². The van der Waals surface area contributed by atoms with Crippen molar-refractivity contribution in [1.82, 2.24) is 19.7 Å². The van der Waals surface area contributed by atoms with Gasteiger partial charge in [-0.15, -0.1) is 5.10 Å². The van der Waals surface area contributed by atoms with Crippen LogP contribution in [0.1, 0.15) is 44.9 Å². The number of ether oxygens (including phenoxy) is 3. The highest BCUT2D eigenvalue weighted by Crippen LogP contribution is 2.40. The Bertz CT molecular complexity index is 1810. The van der Waals surface area contributed by atoms with Crippen LogP contribution in [0, 0.1) is 0 Å². The molecule has 0 saturated heterocycles. The monoisotopic (exact) mass is 690 g/mol. The predicted octanol–water partition coefficient (Wildman–Crippen LogP) is 6.81. The lowest BCUT2D eigenvalue weighted by Gasteiger charge is -2.29. The summed E-state index contributed by atoms with van der Waals surface area (Å²) in [7, 11) is 1.53. The fourth-order valence-electron chi connectivity index (χ4n) is 5.37. The van der Waals surface area contributed by atoms with Crippen molar-refractivity contribution in [3.63, 3.8) is 0 Å². The van der Waals surface area contributed by atoms with Gasteiger partial charge in [0.1, 0.15) is 11.8 Å². The molecule has 0 fully saturated rings. The van der Waals surface area contributed by atoms with Crippen LogP contribution in [0.4, 0.5) is 11.6 Å². The number of fused-ring (bicyclic) bond motifs is 1. The molecule has 1 atom stereocenters. The molecule has 2 N–H and O–H groups in total. The molecule has 0 saturated carbocycles. The van der Waals surface area contributed by atoms with Crippen LogP contribution >= 0.6 is 23.4 Å². The van der Waals surface area contributed by atoms with Crippen LogP contribution in [-0.2, 0) is 15.3 Å². The van der Waals surface area contributed by atoms with Crippen LogP contribution in [0.2, 0.25) is 5.02 Å². The second-order valence-electron chi connectivity index (χ2n) is 10.8. The zero-order valence-corrected chi connectivity index (χ0v) is 29.2. The number of methoxy groups -OCH3 is 1. The first-order valence-corrected chi connectivity index (χ1v) is 17.1. The summed E-state index contributed by atoms with van der Waals surface area (Å²) in [5.41, 5.74) is 3.24. The van der Waals surface area contributed by atoms with Crippen LogP contribution in [-0.4, -0.2) is 64.9 Å². The van der Waals surface area contributed by atoms with E-state index >= 15 is 0 Å². The third-order valence-corrected chi connectivity index (χ3v) is 9.05. The Morgan fingerprint density at radius 3 is 2.48 bits per heavy atom. The normalized spacial score (nSPS) is 13.8. The number of amides is 2. The van der Waals surface area contributed by atoms with E-state index in [4.69, 9.17) is 35.9 Å². The van der Waals surface area contributed by atoms with E-state index in [1.807, 2.05) is 76.2 Å². The maximum Gasteiger partial charge on any atom is 0.260 e. The van der Waals surface area contributed by atoms with Crippen LogP contribution in [0.25, 0.3) is 0 Å². The van der Waals surface area contributed by atoms with Crippen molar-refractivity contribution in [3.8, 4) is 17.2 Å². The zero-order valence-electron chi connectivity index (χ0n) is 27.6. The number of benzene rings is 3. The molecule has 0 spiro atoms. The first kappa shape index (κ1) is 34.6. The number of carbonyl (C=O) groups excluding carboxylic acids is 2. The summed E-state index contributed by atoms with van der Waals surface area (Å²) in [6, 6.07) is 19.6. The van der Waals surface area contributed by atoms with E-state index in [2.05, 4.69) is 10.6 Å². The summed E-state index contributed by atoms with van der Waals surface area (Å²) in [4.78, 5) is 33.2.